The first kappa shape index (κ1) is 37.3. The molecule has 0 radical (unpaired) electrons. The van der Waals surface area contributed by atoms with Crippen LogP contribution < -0.4 is 4.90 Å². The van der Waals surface area contributed by atoms with E-state index in [4.69, 9.17) is 4.42 Å². The molecule has 0 aliphatic carbocycles. The number of nitrogens with zero attached hydrogens (tertiary/aromatic N) is 1. The highest BCUT2D eigenvalue weighted by Crippen LogP contribution is 2.48. The Labute approximate surface area is 372 Å². The fourth-order valence-electron chi connectivity index (χ4n) is 9.59. The van der Waals surface area contributed by atoms with E-state index in [1.54, 1.807) is 0 Å². The number of benzene rings is 11. The molecule has 1 heterocycles. The molecule has 12 rings (SSSR count). The lowest BCUT2D eigenvalue weighted by molar-refractivity contribution is 0.673. The molecule has 0 fully saturated rings. The van der Waals surface area contributed by atoms with Gasteiger partial charge in [-0.3, -0.25) is 0 Å². The van der Waals surface area contributed by atoms with Crippen molar-refractivity contribution in [1.29, 1.82) is 0 Å². The van der Waals surface area contributed by atoms with Crippen LogP contribution >= 0.6 is 0 Å². The van der Waals surface area contributed by atoms with Crippen LogP contribution in [0, 0.1) is 0 Å². The van der Waals surface area contributed by atoms with Crippen molar-refractivity contribution in [2.45, 2.75) is 0 Å². The Morgan fingerprint density at radius 1 is 0.250 bits per heavy atom. The van der Waals surface area contributed by atoms with Crippen molar-refractivity contribution in [2.24, 2.45) is 0 Å². The zero-order valence-corrected chi connectivity index (χ0v) is 35.0. The summed E-state index contributed by atoms with van der Waals surface area (Å²) in [5.74, 6) is 0. The predicted molar refractivity (Wildman–Crippen MR) is 271 cm³/mol. The minimum Gasteiger partial charge on any atom is -0.455 e. The number of hydrogen-bond acceptors (Lipinski definition) is 2. The first-order valence-electron chi connectivity index (χ1n) is 21.9. The summed E-state index contributed by atoms with van der Waals surface area (Å²) in [6.07, 6.45) is 0. The first-order chi connectivity index (χ1) is 31.7. The topological polar surface area (TPSA) is 16.4 Å². The number of rotatable bonds is 8. The Bertz CT molecular complexity index is 3510. The molecule has 0 spiro atoms. The third-order valence-electron chi connectivity index (χ3n) is 12.7. The molecule has 0 saturated heterocycles. The van der Waals surface area contributed by atoms with Gasteiger partial charge in [-0.1, -0.05) is 206 Å². The van der Waals surface area contributed by atoms with Crippen molar-refractivity contribution in [3.05, 3.63) is 249 Å². The Morgan fingerprint density at radius 2 is 0.609 bits per heavy atom. The number of furan rings is 1. The van der Waals surface area contributed by atoms with Crippen molar-refractivity contribution in [1.82, 2.24) is 0 Å². The van der Waals surface area contributed by atoms with Crippen LogP contribution in [0.3, 0.4) is 0 Å². The van der Waals surface area contributed by atoms with Gasteiger partial charge in [-0.15, -0.1) is 0 Å². The normalized spacial score (nSPS) is 11.4. The number of anilines is 3. The van der Waals surface area contributed by atoms with E-state index in [0.717, 1.165) is 66.6 Å². The van der Waals surface area contributed by atoms with Gasteiger partial charge in [-0.05, 0) is 109 Å². The molecule has 0 N–H and O–H groups in total. The molecule has 2 heteroatoms. The van der Waals surface area contributed by atoms with Crippen LogP contribution in [0.25, 0.3) is 99.1 Å². The molecular weight excluding hydrogens is 775 g/mol. The van der Waals surface area contributed by atoms with Crippen LogP contribution in [0.2, 0.25) is 0 Å². The van der Waals surface area contributed by atoms with Gasteiger partial charge in [0.15, 0.2) is 0 Å². The maximum Gasteiger partial charge on any atom is 0.143 e. The van der Waals surface area contributed by atoms with E-state index in [1.807, 2.05) is 0 Å². The molecule has 0 amide bonds. The van der Waals surface area contributed by atoms with Gasteiger partial charge in [0.1, 0.15) is 11.2 Å². The molecule has 300 valence electrons. The monoisotopic (exact) mass is 815 g/mol. The van der Waals surface area contributed by atoms with Gasteiger partial charge in [0.2, 0.25) is 0 Å². The average Bonchev–Trinajstić information content (AvgIpc) is 3.78. The molecule has 0 aliphatic heterocycles. The van der Waals surface area contributed by atoms with Gasteiger partial charge in [-0.2, -0.15) is 0 Å². The van der Waals surface area contributed by atoms with E-state index in [-0.39, 0.29) is 0 Å². The van der Waals surface area contributed by atoms with Crippen LogP contribution in [0.4, 0.5) is 17.1 Å². The second kappa shape index (κ2) is 15.8. The highest BCUT2D eigenvalue weighted by atomic mass is 16.3. The molecule has 0 aliphatic rings. The highest BCUT2D eigenvalue weighted by molar-refractivity contribution is 6.32. The van der Waals surface area contributed by atoms with Crippen molar-refractivity contribution >= 4 is 60.5 Å². The van der Waals surface area contributed by atoms with Crippen molar-refractivity contribution < 1.29 is 4.42 Å². The minimum absolute atomic E-state index is 0.874. The van der Waals surface area contributed by atoms with Crippen LogP contribution in [0.5, 0.6) is 0 Å². The number of fused-ring (bicyclic) bond motifs is 8. The maximum atomic E-state index is 6.96. The lowest BCUT2D eigenvalue weighted by Crippen LogP contribution is -2.09. The smallest absolute Gasteiger partial charge is 0.143 e. The Kier molecular flexibility index (Phi) is 9.20. The third-order valence-corrected chi connectivity index (χ3v) is 12.7. The van der Waals surface area contributed by atoms with Gasteiger partial charge in [0.05, 0.1) is 0 Å². The predicted octanol–water partition coefficient (Wildman–Crippen LogP) is 17.7. The fourth-order valence-corrected chi connectivity index (χ4v) is 9.59. The van der Waals surface area contributed by atoms with Gasteiger partial charge in [-0.25, -0.2) is 0 Å². The Morgan fingerprint density at radius 3 is 1.09 bits per heavy atom. The molecule has 1 aromatic heterocycles. The van der Waals surface area contributed by atoms with Gasteiger partial charge < -0.3 is 9.32 Å². The lowest BCUT2D eigenvalue weighted by atomic mass is 9.88. The average molecular weight is 816 g/mol. The summed E-state index contributed by atoms with van der Waals surface area (Å²) < 4.78 is 6.96. The van der Waals surface area contributed by atoms with E-state index in [1.165, 1.54) is 49.5 Å². The third kappa shape index (κ3) is 6.52. The summed E-state index contributed by atoms with van der Waals surface area (Å²) in [5, 5.41) is 6.99. The second-order valence-corrected chi connectivity index (χ2v) is 16.4. The molecular formula is C62H41NO. The zero-order valence-electron chi connectivity index (χ0n) is 35.0. The van der Waals surface area contributed by atoms with Gasteiger partial charge in [0.25, 0.3) is 0 Å². The molecule has 0 saturated carbocycles. The van der Waals surface area contributed by atoms with Gasteiger partial charge >= 0.3 is 0 Å². The summed E-state index contributed by atoms with van der Waals surface area (Å²) in [4.78, 5) is 2.35. The molecule has 2 nitrogen and oxygen atoms in total. The highest BCUT2D eigenvalue weighted by Gasteiger charge is 2.22. The largest absolute Gasteiger partial charge is 0.455 e. The first-order valence-corrected chi connectivity index (χ1v) is 21.9. The van der Waals surface area contributed by atoms with Crippen LogP contribution in [-0.4, -0.2) is 0 Å². The number of hydrogen-bond donors (Lipinski definition) is 0. The molecule has 64 heavy (non-hydrogen) atoms. The van der Waals surface area contributed by atoms with E-state index < -0.39 is 0 Å². The van der Waals surface area contributed by atoms with E-state index in [2.05, 4.69) is 254 Å². The zero-order chi connectivity index (χ0) is 42.4. The Balaban J connectivity index is 1.05. The maximum absolute atomic E-state index is 6.96. The minimum atomic E-state index is 0.874. The van der Waals surface area contributed by atoms with Crippen molar-refractivity contribution in [3.8, 4) is 55.6 Å². The quantitative estimate of drug-likeness (QED) is 0.142. The van der Waals surface area contributed by atoms with Crippen molar-refractivity contribution in [2.75, 3.05) is 4.90 Å². The van der Waals surface area contributed by atoms with Gasteiger partial charge in [0, 0.05) is 38.8 Å². The van der Waals surface area contributed by atoms with E-state index in [9.17, 15) is 0 Å². The summed E-state index contributed by atoms with van der Waals surface area (Å²) in [5.41, 5.74) is 16.8. The molecule has 0 bridgehead atoms. The standard InChI is InChI=1S/C62H41NO/c1-4-14-42(15-5-1)45-24-26-48(27-25-45)53-40-41-58-61(60-56-22-12-10-20-54(56)55-21-11-13-23-57(55)62(60)64-58)59(53)49-32-38-52(39-33-49)63(50-34-28-46(29-35-50)43-16-6-2-7-17-43)51-36-30-47(31-37-51)44-18-8-3-9-19-44/h1-41H. The molecule has 11 aromatic carbocycles. The summed E-state index contributed by atoms with van der Waals surface area (Å²) in [7, 11) is 0. The van der Waals surface area contributed by atoms with E-state index >= 15 is 0 Å². The summed E-state index contributed by atoms with van der Waals surface area (Å²) in [6, 6.07) is 89.4. The van der Waals surface area contributed by atoms with Crippen LogP contribution in [0.1, 0.15) is 0 Å². The second-order valence-electron chi connectivity index (χ2n) is 16.4. The summed E-state index contributed by atoms with van der Waals surface area (Å²) in [6.45, 7) is 0. The molecule has 0 unspecified atom stereocenters. The van der Waals surface area contributed by atoms with E-state index in [0.29, 0.717) is 0 Å². The Hall–Kier alpha value is -8.46. The summed E-state index contributed by atoms with van der Waals surface area (Å²) >= 11 is 0. The van der Waals surface area contributed by atoms with Crippen molar-refractivity contribution in [3.63, 3.8) is 0 Å². The fraction of sp³-hybridized carbons (Fsp3) is 0. The SMILES string of the molecule is c1ccc(-c2ccc(-c3ccc4oc5c6ccccc6c6ccccc6c5c4c3-c3ccc(N(c4ccc(-c5ccccc5)cc4)c4ccc(-c5ccccc5)cc4)cc3)cc2)cc1. The lowest BCUT2D eigenvalue weighted by Gasteiger charge is -2.26. The molecule has 0 atom stereocenters. The van der Waals surface area contributed by atoms with Crippen LogP contribution in [-0.2, 0) is 0 Å². The van der Waals surface area contributed by atoms with Crippen LogP contribution in [0.15, 0.2) is 253 Å². The molecule has 12 aromatic rings.